The van der Waals surface area contributed by atoms with Gasteiger partial charge in [-0.25, -0.2) is 9.78 Å². The normalized spacial score (nSPS) is 12.0. The van der Waals surface area contributed by atoms with Crippen LogP contribution in [0.25, 0.3) is 0 Å². The number of nitrogens with zero attached hydrogens (tertiary/aromatic N) is 2. The lowest BCUT2D eigenvalue weighted by atomic mass is 10.2. The Balaban J connectivity index is 2.76. The highest BCUT2D eigenvalue weighted by molar-refractivity contribution is 6.76. The van der Waals surface area contributed by atoms with Gasteiger partial charge in [0, 0.05) is 8.07 Å². The maximum atomic E-state index is 11.8. The van der Waals surface area contributed by atoms with Crippen molar-refractivity contribution >= 4 is 31.5 Å². The molecule has 0 saturated carbocycles. The zero-order valence-electron chi connectivity index (χ0n) is 14.0. The first-order valence-electron chi connectivity index (χ1n) is 7.12. The summed E-state index contributed by atoms with van der Waals surface area (Å²) in [6, 6.07) is 0.973. The summed E-state index contributed by atoms with van der Waals surface area (Å²) in [4.78, 5) is 19.7. The van der Waals surface area contributed by atoms with Crippen LogP contribution in [0.4, 0.5) is 10.5 Å². The number of hydrogen-bond acceptors (Lipinski definition) is 5. The van der Waals surface area contributed by atoms with Gasteiger partial charge in [-0.15, -0.1) is 0 Å². The Bertz CT molecular complexity index is 527. The van der Waals surface area contributed by atoms with Crippen molar-refractivity contribution in [2.24, 2.45) is 0 Å². The maximum Gasteiger partial charge on any atom is 0.412 e. The topological polar surface area (TPSA) is 73.3 Å². The number of hydrogen-bond donors (Lipinski definition) is 1. The number of rotatable bonds is 5. The minimum Gasteiger partial charge on any atom is -0.476 e. The number of amides is 1. The van der Waals surface area contributed by atoms with Crippen LogP contribution in [-0.4, -0.2) is 36.3 Å². The molecule has 0 aromatic carbocycles. The van der Waals surface area contributed by atoms with Gasteiger partial charge in [0.15, 0.2) is 0 Å². The number of carbonyl (C=O) groups excluding carboxylic acids is 1. The molecule has 6 nitrogen and oxygen atoms in total. The van der Waals surface area contributed by atoms with Gasteiger partial charge in [0.25, 0.3) is 0 Å². The average Bonchev–Trinajstić information content (AvgIpc) is 2.28. The first-order chi connectivity index (χ1) is 9.96. The highest BCUT2D eigenvalue weighted by Gasteiger charge is 2.19. The molecular weight excluding hydrogens is 322 g/mol. The molecule has 0 aliphatic rings. The van der Waals surface area contributed by atoms with E-state index in [1.54, 1.807) is 20.8 Å². The highest BCUT2D eigenvalue weighted by Crippen LogP contribution is 2.24. The van der Waals surface area contributed by atoms with Crippen molar-refractivity contribution in [3.05, 3.63) is 11.5 Å². The molecule has 8 heteroatoms. The Morgan fingerprint density at radius 1 is 1.36 bits per heavy atom. The third-order valence-electron chi connectivity index (χ3n) is 2.45. The Morgan fingerprint density at radius 3 is 2.55 bits per heavy atom. The first kappa shape index (κ1) is 18.7. The second-order valence-corrected chi connectivity index (χ2v) is 13.1. The maximum absolute atomic E-state index is 11.8. The summed E-state index contributed by atoms with van der Waals surface area (Å²) >= 11 is 5.79. The predicted molar refractivity (Wildman–Crippen MR) is 90.5 cm³/mol. The molecule has 0 radical (unpaired) electrons. The van der Waals surface area contributed by atoms with Crippen LogP contribution in [0.5, 0.6) is 5.88 Å². The zero-order chi connectivity index (χ0) is 17.0. The van der Waals surface area contributed by atoms with E-state index in [4.69, 9.17) is 21.1 Å². The van der Waals surface area contributed by atoms with Crippen LogP contribution in [0.2, 0.25) is 31.0 Å². The largest absolute Gasteiger partial charge is 0.476 e. The van der Waals surface area contributed by atoms with Gasteiger partial charge >= 0.3 is 6.09 Å². The van der Waals surface area contributed by atoms with Gasteiger partial charge in [-0.05, 0) is 38.4 Å². The van der Waals surface area contributed by atoms with Gasteiger partial charge in [0.2, 0.25) is 11.2 Å². The molecule has 0 aliphatic heterocycles. The molecule has 1 aromatic rings. The third-order valence-corrected chi connectivity index (χ3v) is 4.34. The Morgan fingerprint density at radius 2 is 2.00 bits per heavy atom. The summed E-state index contributed by atoms with van der Waals surface area (Å²) in [6.45, 7) is 12.6. The molecule has 1 N–H and O–H groups in total. The highest BCUT2D eigenvalue weighted by atomic mass is 35.5. The Hall–Kier alpha value is -1.34. The van der Waals surface area contributed by atoms with E-state index in [2.05, 4.69) is 34.9 Å². The van der Waals surface area contributed by atoms with Crippen molar-refractivity contribution in [2.75, 3.05) is 11.9 Å². The van der Waals surface area contributed by atoms with Crippen LogP contribution < -0.4 is 10.1 Å². The van der Waals surface area contributed by atoms with E-state index < -0.39 is 19.8 Å². The molecule has 1 aromatic heterocycles. The van der Waals surface area contributed by atoms with E-state index in [0.717, 1.165) is 6.04 Å². The molecule has 0 spiro atoms. The standard InChI is InChI=1S/C14H24ClN3O3Si/c1-14(2,3)21-13(19)17-10-9-16-12(15)18-11(10)20-7-8-22(4,5)6/h9H,7-8H2,1-6H3,(H,17,19). The summed E-state index contributed by atoms with van der Waals surface area (Å²) < 4.78 is 10.9. The molecule has 1 heterocycles. The number of halogens is 1. The lowest BCUT2D eigenvalue weighted by Crippen LogP contribution is -2.27. The predicted octanol–water partition coefficient (Wildman–Crippen LogP) is 4.19. The smallest absolute Gasteiger partial charge is 0.412 e. The van der Waals surface area contributed by atoms with Crippen molar-refractivity contribution in [2.45, 2.75) is 52.1 Å². The van der Waals surface area contributed by atoms with Gasteiger partial charge in [-0.2, -0.15) is 4.98 Å². The molecule has 0 bridgehead atoms. The van der Waals surface area contributed by atoms with Gasteiger partial charge in [-0.1, -0.05) is 19.6 Å². The van der Waals surface area contributed by atoms with Crippen LogP contribution >= 0.6 is 11.6 Å². The summed E-state index contributed by atoms with van der Waals surface area (Å²) in [7, 11) is -1.22. The van der Waals surface area contributed by atoms with E-state index >= 15 is 0 Å². The summed E-state index contributed by atoms with van der Waals surface area (Å²) in [6.07, 6.45) is 0.816. The molecule has 0 atom stereocenters. The number of anilines is 1. The molecule has 22 heavy (non-hydrogen) atoms. The van der Waals surface area contributed by atoms with Crippen LogP contribution in [-0.2, 0) is 4.74 Å². The van der Waals surface area contributed by atoms with E-state index in [0.29, 0.717) is 12.3 Å². The van der Waals surface area contributed by atoms with Crippen LogP contribution in [0.3, 0.4) is 0 Å². The molecule has 0 fully saturated rings. The lowest BCUT2D eigenvalue weighted by molar-refractivity contribution is 0.0635. The van der Waals surface area contributed by atoms with Crippen molar-refractivity contribution in [1.29, 1.82) is 0 Å². The van der Waals surface area contributed by atoms with Gasteiger partial charge in [0.1, 0.15) is 11.3 Å². The molecule has 0 unspecified atom stereocenters. The Labute approximate surface area is 137 Å². The molecule has 0 saturated heterocycles. The minimum absolute atomic E-state index is 0.0674. The van der Waals surface area contributed by atoms with Gasteiger partial charge in [0.05, 0.1) is 12.8 Å². The molecule has 1 amide bonds. The van der Waals surface area contributed by atoms with E-state index in [-0.39, 0.29) is 11.2 Å². The second-order valence-electron chi connectivity index (χ2n) is 7.14. The SMILES string of the molecule is CC(C)(C)OC(=O)Nc1cnc(Cl)nc1OCC[Si](C)(C)C. The van der Waals surface area contributed by atoms with E-state index in [1.807, 2.05) is 0 Å². The molecule has 0 aliphatic carbocycles. The Kier molecular flexibility index (Phi) is 6.19. The van der Waals surface area contributed by atoms with Gasteiger partial charge < -0.3 is 9.47 Å². The fourth-order valence-electron chi connectivity index (χ4n) is 1.41. The molecular formula is C14H24ClN3O3Si. The first-order valence-corrected chi connectivity index (χ1v) is 11.2. The van der Waals surface area contributed by atoms with Crippen molar-refractivity contribution in [1.82, 2.24) is 9.97 Å². The number of carbonyl (C=O) groups is 1. The monoisotopic (exact) mass is 345 g/mol. The molecule has 124 valence electrons. The summed E-state index contributed by atoms with van der Waals surface area (Å²) in [5.74, 6) is 0.254. The van der Waals surface area contributed by atoms with Crippen molar-refractivity contribution in [3.63, 3.8) is 0 Å². The fourth-order valence-corrected chi connectivity index (χ4v) is 2.25. The molecule has 1 rings (SSSR count). The van der Waals surface area contributed by atoms with E-state index in [9.17, 15) is 4.79 Å². The lowest BCUT2D eigenvalue weighted by Gasteiger charge is -2.20. The zero-order valence-corrected chi connectivity index (χ0v) is 15.7. The average molecular weight is 346 g/mol. The second kappa shape index (κ2) is 7.28. The number of aromatic nitrogens is 2. The quantitative estimate of drug-likeness (QED) is 0.639. The summed E-state index contributed by atoms with van der Waals surface area (Å²) in [5, 5.41) is 2.65. The van der Waals surface area contributed by atoms with Gasteiger partial charge in [-0.3, -0.25) is 5.32 Å². The number of nitrogens with one attached hydrogen (secondary N) is 1. The van der Waals surface area contributed by atoms with Crippen LogP contribution in [0, 0.1) is 0 Å². The van der Waals surface area contributed by atoms with Crippen LogP contribution in [0.1, 0.15) is 20.8 Å². The summed E-state index contributed by atoms with van der Waals surface area (Å²) in [5.41, 5.74) is -0.245. The van der Waals surface area contributed by atoms with E-state index in [1.165, 1.54) is 6.20 Å². The minimum atomic E-state index is -1.22. The van der Waals surface area contributed by atoms with Crippen molar-refractivity contribution < 1.29 is 14.3 Å². The number of ether oxygens (including phenoxy) is 2. The van der Waals surface area contributed by atoms with Crippen LogP contribution in [0.15, 0.2) is 6.20 Å². The van der Waals surface area contributed by atoms with Crippen molar-refractivity contribution in [3.8, 4) is 5.88 Å². The third kappa shape index (κ3) is 7.60. The fraction of sp³-hybridized carbons (Fsp3) is 0.643.